The van der Waals surface area contributed by atoms with E-state index < -0.39 is 5.60 Å². The van der Waals surface area contributed by atoms with Gasteiger partial charge in [0, 0.05) is 10.3 Å². The Morgan fingerprint density at radius 1 is 1.18 bits per heavy atom. The maximum absolute atomic E-state index is 11.3. The molecule has 1 N–H and O–H groups in total. The van der Waals surface area contributed by atoms with Crippen LogP contribution in [-0.4, -0.2) is 10.7 Å². The first-order valence-electron chi connectivity index (χ1n) is 8.21. The average molecular weight is 314 g/mol. The van der Waals surface area contributed by atoms with Crippen molar-refractivity contribution in [3.05, 3.63) is 54.0 Å². The number of hydrogen-bond acceptors (Lipinski definition) is 2. The third-order valence-corrected chi connectivity index (χ3v) is 6.95. The van der Waals surface area contributed by atoms with Gasteiger partial charge in [-0.2, -0.15) is 0 Å². The van der Waals surface area contributed by atoms with Crippen molar-refractivity contribution in [2.45, 2.75) is 50.5 Å². The second-order valence-electron chi connectivity index (χ2n) is 7.29. The van der Waals surface area contributed by atoms with Crippen molar-refractivity contribution in [1.29, 1.82) is 0 Å². The van der Waals surface area contributed by atoms with Crippen LogP contribution in [0.25, 0.3) is 0 Å². The lowest BCUT2D eigenvalue weighted by atomic mass is 9.63. The molecule has 3 atom stereocenters. The first-order chi connectivity index (χ1) is 10.5. The highest BCUT2D eigenvalue weighted by atomic mass is 32.2. The molecule has 3 rings (SSSR count). The van der Waals surface area contributed by atoms with Gasteiger partial charge in [-0.3, -0.25) is 0 Å². The molecule has 1 aromatic rings. The fourth-order valence-electron chi connectivity index (χ4n) is 4.80. The van der Waals surface area contributed by atoms with Gasteiger partial charge in [0.15, 0.2) is 0 Å². The first-order valence-corrected chi connectivity index (χ1v) is 9.09. The van der Waals surface area contributed by atoms with Crippen molar-refractivity contribution in [3.8, 4) is 0 Å². The Hall–Kier alpha value is -0.990. The van der Waals surface area contributed by atoms with Crippen LogP contribution in [0.3, 0.4) is 0 Å². The fraction of sp³-hybridized carbons (Fsp3) is 0.500. The highest BCUT2D eigenvalue weighted by Gasteiger charge is 2.68. The van der Waals surface area contributed by atoms with Crippen LogP contribution in [0.15, 0.2) is 58.9 Å². The molecular formula is C20H26OS. The second-order valence-corrected chi connectivity index (χ2v) is 8.27. The van der Waals surface area contributed by atoms with Crippen LogP contribution in [-0.2, 0) is 0 Å². The zero-order chi connectivity index (χ0) is 15.8. The van der Waals surface area contributed by atoms with Gasteiger partial charge in [0.2, 0.25) is 0 Å². The molecular weight excluding hydrogens is 288 g/mol. The molecule has 0 amide bonds. The van der Waals surface area contributed by atoms with E-state index >= 15 is 0 Å². The monoisotopic (exact) mass is 314 g/mol. The van der Waals surface area contributed by atoms with Gasteiger partial charge in [-0.05, 0) is 55.1 Å². The van der Waals surface area contributed by atoms with E-state index in [9.17, 15) is 5.11 Å². The van der Waals surface area contributed by atoms with Gasteiger partial charge in [0.25, 0.3) is 0 Å². The third-order valence-electron chi connectivity index (χ3n) is 6.13. The van der Waals surface area contributed by atoms with Crippen LogP contribution in [0, 0.1) is 16.7 Å². The smallest absolute Gasteiger partial charge is 0.0926 e. The molecule has 2 saturated carbocycles. The fourth-order valence-corrected chi connectivity index (χ4v) is 5.57. The van der Waals surface area contributed by atoms with Crippen molar-refractivity contribution >= 4 is 11.8 Å². The Morgan fingerprint density at radius 3 is 2.55 bits per heavy atom. The molecule has 0 aliphatic heterocycles. The number of thioether (sulfide) groups is 1. The number of benzene rings is 1. The number of fused-ring (bicyclic) bond motifs is 2. The summed E-state index contributed by atoms with van der Waals surface area (Å²) < 4.78 is 0. The quantitative estimate of drug-likeness (QED) is 0.591. The maximum Gasteiger partial charge on any atom is 0.0926 e. The molecule has 0 radical (unpaired) electrons. The molecule has 22 heavy (non-hydrogen) atoms. The second kappa shape index (κ2) is 5.58. The predicted octanol–water partition coefficient (Wildman–Crippen LogP) is 5.43. The lowest BCUT2D eigenvalue weighted by Crippen LogP contribution is -2.46. The molecule has 2 bridgehead atoms. The molecule has 0 unspecified atom stereocenters. The minimum absolute atomic E-state index is 0.140. The summed E-state index contributed by atoms with van der Waals surface area (Å²) in [5.41, 5.74) is -0.685. The van der Waals surface area contributed by atoms with E-state index in [1.807, 2.05) is 25.1 Å². The van der Waals surface area contributed by atoms with Crippen molar-refractivity contribution in [2.24, 2.45) is 16.7 Å². The average Bonchev–Trinajstić information content (AvgIpc) is 2.82. The maximum atomic E-state index is 11.3. The highest BCUT2D eigenvalue weighted by molar-refractivity contribution is 8.02. The van der Waals surface area contributed by atoms with Gasteiger partial charge >= 0.3 is 0 Å². The summed E-state index contributed by atoms with van der Waals surface area (Å²) in [5, 5.41) is 13.5. The number of allylic oxidation sites excluding steroid dienone is 1. The van der Waals surface area contributed by atoms with Gasteiger partial charge in [0.1, 0.15) is 0 Å². The molecule has 2 heteroatoms. The van der Waals surface area contributed by atoms with Gasteiger partial charge in [-0.25, -0.2) is 0 Å². The van der Waals surface area contributed by atoms with Gasteiger partial charge in [0.05, 0.1) is 5.60 Å². The molecule has 1 nitrogen and oxygen atoms in total. The normalized spacial score (nSPS) is 36.6. The van der Waals surface area contributed by atoms with Crippen LogP contribution >= 0.6 is 11.8 Å². The lowest BCUT2D eigenvalue weighted by molar-refractivity contribution is -0.0305. The van der Waals surface area contributed by atoms with E-state index in [0.29, 0.717) is 5.92 Å². The molecule has 0 heterocycles. The predicted molar refractivity (Wildman–Crippen MR) is 94.8 cm³/mol. The van der Waals surface area contributed by atoms with Crippen molar-refractivity contribution in [1.82, 2.24) is 0 Å². The van der Waals surface area contributed by atoms with Gasteiger partial charge in [-0.15, -0.1) is 0 Å². The molecule has 2 fully saturated rings. The SMILES string of the molecule is C/C=C\[C@@]1(O)C[C@H]2CC[C@]1(/C=C/Sc1ccccc1)C2(C)C. The number of aliphatic hydroxyl groups is 1. The Morgan fingerprint density at radius 2 is 1.91 bits per heavy atom. The van der Waals surface area contributed by atoms with Crippen molar-refractivity contribution in [2.75, 3.05) is 0 Å². The Labute approximate surface area is 138 Å². The summed E-state index contributed by atoms with van der Waals surface area (Å²) in [5.74, 6) is 0.611. The molecule has 0 spiro atoms. The van der Waals surface area contributed by atoms with E-state index in [1.54, 1.807) is 11.8 Å². The largest absolute Gasteiger partial charge is 0.385 e. The summed E-state index contributed by atoms with van der Waals surface area (Å²) in [6.45, 7) is 6.68. The zero-order valence-electron chi connectivity index (χ0n) is 13.8. The Balaban J connectivity index is 1.90. The minimum atomic E-state index is -0.693. The molecule has 2 aliphatic carbocycles. The summed E-state index contributed by atoms with van der Waals surface area (Å²) in [4.78, 5) is 1.25. The first kappa shape index (κ1) is 15.9. The zero-order valence-corrected chi connectivity index (χ0v) is 14.6. The molecule has 2 aliphatic rings. The Kier molecular flexibility index (Phi) is 4.03. The topological polar surface area (TPSA) is 20.2 Å². The summed E-state index contributed by atoms with van der Waals surface area (Å²) in [7, 11) is 0. The Bertz CT molecular complexity index is 589. The van der Waals surface area contributed by atoms with Crippen LogP contribution in [0.4, 0.5) is 0 Å². The van der Waals surface area contributed by atoms with E-state index in [-0.39, 0.29) is 10.8 Å². The molecule has 0 aromatic heterocycles. The third kappa shape index (κ3) is 2.19. The van der Waals surface area contributed by atoms with Crippen molar-refractivity contribution in [3.63, 3.8) is 0 Å². The van der Waals surface area contributed by atoms with Crippen LogP contribution in [0.5, 0.6) is 0 Å². The van der Waals surface area contributed by atoms with Crippen LogP contribution < -0.4 is 0 Å². The minimum Gasteiger partial charge on any atom is -0.385 e. The highest BCUT2D eigenvalue weighted by Crippen LogP contribution is 2.71. The van der Waals surface area contributed by atoms with Crippen molar-refractivity contribution < 1.29 is 5.11 Å². The van der Waals surface area contributed by atoms with Gasteiger partial charge in [-0.1, -0.05) is 62.0 Å². The summed E-state index contributed by atoms with van der Waals surface area (Å²) >= 11 is 1.74. The van der Waals surface area contributed by atoms with E-state index in [0.717, 1.165) is 12.8 Å². The molecule has 0 saturated heterocycles. The summed E-state index contributed by atoms with van der Waals surface area (Å²) in [6, 6.07) is 10.4. The number of hydrogen-bond donors (Lipinski definition) is 1. The van der Waals surface area contributed by atoms with E-state index in [2.05, 4.69) is 49.6 Å². The molecule has 118 valence electrons. The van der Waals surface area contributed by atoms with Gasteiger partial charge < -0.3 is 5.11 Å². The number of rotatable bonds is 4. The lowest BCUT2D eigenvalue weighted by Gasteiger charge is -2.44. The summed E-state index contributed by atoms with van der Waals surface area (Å²) in [6.07, 6.45) is 9.55. The van der Waals surface area contributed by atoms with E-state index in [1.165, 1.54) is 11.3 Å². The van der Waals surface area contributed by atoms with Crippen LogP contribution in [0.2, 0.25) is 0 Å². The van der Waals surface area contributed by atoms with E-state index in [4.69, 9.17) is 0 Å². The molecule has 1 aromatic carbocycles. The standard InChI is InChI=1S/C20H26OS/c1-4-11-20(21)15-16-10-12-19(20,18(16,2)3)13-14-22-17-8-6-5-7-9-17/h4-9,11,13-14,16,21H,10,12,15H2,1-3H3/b11-4-,14-13+/t16-,19+,20-/m1/s1. The van der Waals surface area contributed by atoms with Crippen LogP contribution in [0.1, 0.15) is 40.0 Å².